The maximum Gasteiger partial charge on any atom is 0.323 e. The molecule has 0 aliphatic heterocycles. The summed E-state index contributed by atoms with van der Waals surface area (Å²) in [5.74, 6) is -0.315. The number of amides is 1. The molecule has 1 aromatic heterocycles. The van der Waals surface area contributed by atoms with Gasteiger partial charge in [0.2, 0.25) is 0 Å². The van der Waals surface area contributed by atoms with E-state index in [1.807, 2.05) is 6.07 Å². The van der Waals surface area contributed by atoms with Crippen molar-refractivity contribution < 1.29 is 4.79 Å². The van der Waals surface area contributed by atoms with Crippen LogP contribution in [0.2, 0.25) is 0 Å². The number of hydrogen-bond donors (Lipinski definition) is 3. The van der Waals surface area contributed by atoms with Crippen molar-refractivity contribution in [1.29, 1.82) is 5.26 Å². The molecular weight excluding hydrogens is 268 g/mol. The second kappa shape index (κ2) is 4.98. The van der Waals surface area contributed by atoms with Gasteiger partial charge in [0.05, 0.1) is 22.7 Å². The van der Waals surface area contributed by atoms with Gasteiger partial charge < -0.3 is 15.3 Å². The Morgan fingerprint density at radius 1 is 1.10 bits per heavy atom. The summed E-state index contributed by atoms with van der Waals surface area (Å²) in [4.78, 5) is 28.6. The normalized spacial score (nSPS) is 10.2. The molecule has 0 aliphatic rings. The predicted octanol–water partition coefficient (Wildman–Crippen LogP) is 1.98. The molecule has 0 bridgehead atoms. The molecule has 0 radical (unpaired) electrons. The lowest BCUT2D eigenvalue weighted by molar-refractivity contribution is 0.102. The minimum Gasteiger partial charge on any atom is -0.322 e. The zero-order chi connectivity index (χ0) is 14.8. The minimum absolute atomic E-state index is 0.296. The summed E-state index contributed by atoms with van der Waals surface area (Å²) in [6, 6.07) is 13.5. The second-order valence-electron chi connectivity index (χ2n) is 4.49. The summed E-state index contributed by atoms with van der Waals surface area (Å²) in [7, 11) is 0. The predicted molar refractivity (Wildman–Crippen MR) is 78.0 cm³/mol. The molecule has 0 aliphatic carbocycles. The van der Waals surface area contributed by atoms with Crippen LogP contribution in [0.4, 0.5) is 5.69 Å². The number of aromatic amines is 2. The SMILES string of the molecule is N#Cc1cccc(C(=O)Nc2ccc3[nH]c(=O)[nH]c3c2)c1. The van der Waals surface area contributed by atoms with E-state index in [0.29, 0.717) is 27.8 Å². The molecule has 0 fully saturated rings. The number of H-pyrrole nitrogens is 2. The molecule has 0 atom stereocenters. The molecule has 0 unspecified atom stereocenters. The monoisotopic (exact) mass is 278 g/mol. The first-order valence-corrected chi connectivity index (χ1v) is 6.19. The van der Waals surface area contributed by atoms with E-state index in [4.69, 9.17) is 5.26 Å². The fourth-order valence-corrected chi connectivity index (χ4v) is 2.04. The largest absolute Gasteiger partial charge is 0.323 e. The molecule has 0 spiro atoms. The number of anilines is 1. The number of rotatable bonds is 2. The van der Waals surface area contributed by atoms with E-state index in [1.165, 1.54) is 6.07 Å². The zero-order valence-corrected chi connectivity index (χ0v) is 10.8. The van der Waals surface area contributed by atoms with Crippen LogP contribution in [0.5, 0.6) is 0 Å². The van der Waals surface area contributed by atoms with Crippen LogP contribution >= 0.6 is 0 Å². The number of nitriles is 1. The van der Waals surface area contributed by atoms with Gasteiger partial charge in [-0.25, -0.2) is 4.79 Å². The van der Waals surface area contributed by atoms with Crippen molar-refractivity contribution in [3.05, 3.63) is 64.1 Å². The summed E-state index contributed by atoms with van der Waals surface area (Å²) < 4.78 is 0. The van der Waals surface area contributed by atoms with Crippen molar-refractivity contribution >= 4 is 22.6 Å². The van der Waals surface area contributed by atoms with Crippen LogP contribution in [-0.4, -0.2) is 15.9 Å². The Morgan fingerprint density at radius 2 is 1.90 bits per heavy atom. The Labute approximate surface area is 119 Å². The molecule has 1 amide bonds. The van der Waals surface area contributed by atoms with E-state index in [-0.39, 0.29) is 11.6 Å². The fourth-order valence-electron chi connectivity index (χ4n) is 2.04. The van der Waals surface area contributed by atoms with Crippen molar-refractivity contribution in [3.63, 3.8) is 0 Å². The van der Waals surface area contributed by atoms with E-state index < -0.39 is 0 Å². The third-order valence-corrected chi connectivity index (χ3v) is 3.03. The number of nitrogens with zero attached hydrogens (tertiary/aromatic N) is 1. The first-order chi connectivity index (χ1) is 10.2. The van der Waals surface area contributed by atoms with Crippen molar-refractivity contribution in [2.45, 2.75) is 0 Å². The third-order valence-electron chi connectivity index (χ3n) is 3.03. The summed E-state index contributed by atoms with van der Waals surface area (Å²) in [6.45, 7) is 0. The number of aromatic nitrogens is 2. The van der Waals surface area contributed by atoms with E-state index in [0.717, 1.165) is 0 Å². The number of fused-ring (bicyclic) bond motifs is 1. The molecule has 2 aromatic carbocycles. The molecule has 3 N–H and O–H groups in total. The van der Waals surface area contributed by atoms with E-state index in [9.17, 15) is 9.59 Å². The van der Waals surface area contributed by atoms with Gasteiger partial charge in [0.15, 0.2) is 0 Å². The topological polar surface area (TPSA) is 102 Å². The van der Waals surface area contributed by atoms with Gasteiger partial charge in [0.25, 0.3) is 5.91 Å². The number of hydrogen-bond acceptors (Lipinski definition) is 3. The standard InChI is InChI=1S/C15H10N4O2/c16-8-9-2-1-3-10(6-9)14(20)17-11-4-5-12-13(7-11)19-15(21)18-12/h1-7H,(H,17,20)(H2,18,19,21). The highest BCUT2D eigenvalue weighted by molar-refractivity contribution is 6.05. The quantitative estimate of drug-likeness (QED) is 0.668. The maximum atomic E-state index is 12.1. The molecule has 1 heterocycles. The van der Waals surface area contributed by atoms with E-state index in [1.54, 1.807) is 36.4 Å². The number of carbonyl (C=O) groups is 1. The van der Waals surface area contributed by atoms with Gasteiger partial charge in [-0.2, -0.15) is 5.26 Å². The number of imidazole rings is 1. The van der Waals surface area contributed by atoms with Gasteiger partial charge in [0, 0.05) is 11.3 Å². The highest BCUT2D eigenvalue weighted by Gasteiger charge is 2.08. The Balaban J connectivity index is 1.88. The van der Waals surface area contributed by atoms with Crippen LogP contribution in [-0.2, 0) is 0 Å². The molecular formula is C15H10N4O2. The highest BCUT2D eigenvalue weighted by atomic mass is 16.2. The molecule has 6 heteroatoms. The Hall–Kier alpha value is -3.33. The third kappa shape index (κ3) is 2.53. The Kier molecular flexibility index (Phi) is 3.01. The summed E-state index contributed by atoms with van der Waals surface area (Å²) >= 11 is 0. The van der Waals surface area contributed by atoms with Crippen LogP contribution < -0.4 is 11.0 Å². The van der Waals surface area contributed by atoms with Gasteiger partial charge in [0.1, 0.15) is 0 Å². The lowest BCUT2D eigenvalue weighted by Crippen LogP contribution is -2.11. The smallest absolute Gasteiger partial charge is 0.322 e. The van der Waals surface area contributed by atoms with Crippen molar-refractivity contribution in [2.75, 3.05) is 5.32 Å². The average Bonchev–Trinajstić information content (AvgIpc) is 2.86. The fraction of sp³-hybridized carbons (Fsp3) is 0. The lowest BCUT2D eigenvalue weighted by atomic mass is 10.1. The number of carbonyl (C=O) groups excluding carboxylic acids is 1. The van der Waals surface area contributed by atoms with Crippen molar-refractivity contribution in [1.82, 2.24) is 9.97 Å². The molecule has 21 heavy (non-hydrogen) atoms. The van der Waals surface area contributed by atoms with Gasteiger partial charge in [-0.15, -0.1) is 0 Å². The van der Waals surface area contributed by atoms with Gasteiger partial charge in [-0.05, 0) is 36.4 Å². The summed E-state index contributed by atoms with van der Waals surface area (Å²) in [5.41, 5.74) is 2.37. The molecule has 0 saturated carbocycles. The second-order valence-corrected chi connectivity index (χ2v) is 4.49. The Morgan fingerprint density at radius 3 is 2.71 bits per heavy atom. The number of benzene rings is 2. The van der Waals surface area contributed by atoms with Crippen LogP contribution in [0.1, 0.15) is 15.9 Å². The van der Waals surface area contributed by atoms with E-state index in [2.05, 4.69) is 15.3 Å². The van der Waals surface area contributed by atoms with Crippen LogP contribution in [0.3, 0.4) is 0 Å². The number of nitrogens with one attached hydrogen (secondary N) is 3. The lowest BCUT2D eigenvalue weighted by Gasteiger charge is -2.05. The van der Waals surface area contributed by atoms with Gasteiger partial charge in [-0.3, -0.25) is 4.79 Å². The minimum atomic E-state index is -0.315. The van der Waals surface area contributed by atoms with Crippen molar-refractivity contribution in [2.24, 2.45) is 0 Å². The van der Waals surface area contributed by atoms with Crippen molar-refractivity contribution in [3.8, 4) is 6.07 Å². The van der Waals surface area contributed by atoms with Gasteiger partial charge in [-0.1, -0.05) is 6.07 Å². The van der Waals surface area contributed by atoms with Crippen LogP contribution in [0, 0.1) is 11.3 Å². The molecule has 3 aromatic rings. The molecule has 0 saturated heterocycles. The van der Waals surface area contributed by atoms with Crippen LogP contribution in [0.25, 0.3) is 11.0 Å². The summed E-state index contributed by atoms with van der Waals surface area (Å²) in [5, 5.41) is 11.6. The zero-order valence-electron chi connectivity index (χ0n) is 10.8. The van der Waals surface area contributed by atoms with Crippen LogP contribution in [0.15, 0.2) is 47.3 Å². The summed E-state index contributed by atoms with van der Waals surface area (Å²) in [6.07, 6.45) is 0. The van der Waals surface area contributed by atoms with E-state index >= 15 is 0 Å². The molecule has 3 rings (SSSR count). The highest BCUT2D eigenvalue weighted by Crippen LogP contribution is 2.16. The first-order valence-electron chi connectivity index (χ1n) is 6.19. The Bertz CT molecular complexity index is 930. The average molecular weight is 278 g/mol. The first kappa shape index (κ1) is 12.7. The molecule has 6 nitrogen and oxygen atoms in total. The van der Waals surface area contributed by atoms with Gasteiger partial charge >= 0.3 is 5.69 Å². The maximum absolute atomic E-state index is 12.1. The molecule has 102 valence electrons.